The maximum Gasteiger partial charge on any atom is 0.435 e. The van der Waals surface area contributed by atoms with E-state index in [1.165, 1.54) is 23.5 Å². The number of hydrogen-bond acceptors (Lipinski definition) is 5. The number of carbonyl (C=O) groups is 1. The monoisotopic (exact) mass is 590 g/mol. The van der Waals surface area contributed by atoms with E-state index in [0.717, 1.165) is 33.0 Å². The molecular formula is C22H22BrF3N4O3S2. The number of sulfonamides is 1. The van der Waals surface area contributed by atoms with Crippen molar-refractivity contribution in [2.45, 2.75) is 42.2 Å². The molecule has 0 aliphatic carbocycles. The molecule has 1 saturated heterocycles. The van der Waals surface area contributed by atoms with Gasteiger partial charge in [0.05, 0.1) is 10.6 Å². The molecule has 3 heterocycles. The minimum atomic E-state index is -4.61. The molecule has 1 amide bonds. The quantitative estimate of drug-likeness (QED) is 0.447. The lowest BCUT2D eigenvalue weighted by Crippen LogP contribution is -2.48. The van der Waals surface area contributed by atoms with Crippen LogP contribution < -0.4 is 5.32 Å². The standard InChI is InChI=1S/C22H22BrF3N4O3S2/c1-29-17(12-19(28-29)22(24,25)26)18-9-10-20(34-18)35(32,33)30(13-14-5-7-15(23)8-6-14)16-4-2-3-11-27-21(16)31/h5-10,12,16H,2-4,11,13H2,1H3,(H,27,31). The van der Waals surface area contributed by atoms with Gasteiger partial charge in [-0.2, -0.15) is 22.6 Å². The van der Waals surface area contributed by atoms with E-state index in [0.29, 0.717) is 29.8 Å². The normalized spacial score (nSPS) is 17.4. The Bertz CT molecular complexity index is 1320. The SMILES string of the molecule is Cn1nc(C(F)(F)F)cc1-c1ccc(S(=O)(=O)N(Cc2ccc(Br)cc2)C2CCCCNC2=O)s1. The first-order chi connectivity index (χ1) is 16.5. The zero-order valence-electron chi connectivity index (χ0n) is 18.5. The molecule has 1 aromatic carbocycles. The lowest BCUT2D eigenvalue weighted by atomic mass is 10.1. The van der Waals surface area contributed by atoms with Crippen LogP contribution in [-0.2, 0) is 34.6 Å². The van der Waals surface area contributed by atoms with Gasteiger partial charge in [-0.15, -0.1) is 11.3 Å². The van der Waals surface area contributed by atoms with Crippen molar-refractivity contribution in [3.63, 3.8) is 0 Å². The summed E-state index contributed by atoms with van der Waals surface area (Å²) in [5, 5.41) is 6.28. The molecular weight excluding hydrogens is 569 g/mol. The zero-order valence-corrected chi connectivity index (χ0v) is 21.8. The molecule has 35 heavy (non-hydrogen) atoms. The number of benzene rings is 1. The topological polar surface area (TPSA) is 84.3 Å². The van der Waals surface area contributed by atoms with Crippen molar-refractivity contribution in [2.24, 2.45) is 7.05 Å². The van der Waals surface area contributed by atoms with Gasteiger partial charge in [-0.3, -0.25) is 9.48 Å². The summed E-state index contributed by atoms with van der Waals surface area (Å²) >= 11 is 4.20. The zero-order chi connectivity index (χ0) is 25.4. The fourth-order valence-electron chi connectivity index (χ4n) is 3.88. The van der Waals surface area contributed by atoms with Gasteiger partial charge in [0.15, 0.2) is 5.69 Å². The van der Waals surface area contributed by atoms with Crippen LogP contribution in [0.15, 0.2) is 51.1 Å². The molecule has 0 spiro atoms. The van der Waals surface area contributed by atoms with Crippen LogP contribution in [0.25, 0.3) is 10.6 Å². The number of amides is 1. The molecule has 1 atom stereocenters. The summed E-state index contributed by atoms with van der Waals surface area (Å²) in [4.78, 5) is 13.1. The van der Waals surface area contributed by atoms with Crippen LogP contribution in [0, 0.1) is 0 Å². The van der Waals surface area contributed by atoms with Crippen LogP contribution in [0.4, 0.5) is 13.2 Å². The van der Waals surface area contributed by atoms with Gasteiger partial charge in [0.25, 0.3) is 10.0 Å². The Kier molecular flexibility index (Phi) is 7.41. The van der Waals surface area contributed by atoms with Gasteiger partial charge in [-0.25, -0.2) is 8.42 Å². The fourth-order valence-corrected chi connectivity index (χ4v) is 7.23. The molecule has 7 nitrogen and oxygen atoms in total. The number of aryl methyl sites for hydroxylation is 1. The highest BCUT2D eigenvalue weighted by Crippen LogP contribution is 2.37. The van der Waals surface area contributed by atoms with Gasteiger partial charge in [-0.1, -0.05) is 28.1 Å². The summed E-state index contributed by atoms with van der Waals surface area (Å²) in [6, 6.07) is 9.93. The van der Waals surface area contributed by atoms with Gasteiger partial charge in [0.1, 0.15) is 10.3 Å². The summed E-state index contributed by atoms with van der Waals surface area (Å²) in [5.41, 5.74) is -0.206. The number of hydrogen-bond donors (Lipinski definition) is 1. The summed E-state index contributed by atoms with van der Waals surface area (Å²) in [6.07, 6.45) is -2.81. The average Bonchev–Trinajstić information content (AvgIpc) is 3.38. The maximum absolute atomic E-state index is 13.8. The van der Waals surface area contributed by atoms with E-state index in [1.54, 1.807) is 24.3 Å². The van der Waals surface area contributed by atoms with E-state index in [9.17, 15) is 26.4 Å². The number of thiophene rings is 1. The molecule has 1 fully saturated rings. The predicted octanol–water partition coefficient (Wildman–Crippen LogP) is 4.79. The molecule has 4 rings (SSSR count). The van der Waals surface area contributed by atoms with Gasteiger partial charge >= 0.3 is 6.18 Å². The van der Waals surface area contributed by atoms with Crippen LogP contribution in [-0.4, -0.2) is 41.0 Å². The highest BCUT2D eigenvalue weighted by Gasteiger charge is 2.38. The van der Waals surface area contributed by atoms with Crippen molar-refractivity contribution >= 4 is 43.2 Å². The van der Waals surface area contributed by atoms with E-state index in [4.69, 9.17) is 0 Å². The fraction of sp³-hybridized carbons (Fsp3) is 0.364. The average molecular weight is 591 g/mol. The van der Waals surface area contributed by atoms with Crippen LogP contribution in [0.1, 0.15) is 30.5 Å². The molecule has 2 aromatic heterocycles. The smallest absolute Gasteiger partial charge is 0.355 e. The first-order valence-corrected chi connectivity index (χ1v) is 13.8. The van der Waals surface area contributed by atoms with Crippen LogP contribution in [0.3, 0.4) is 0 Å². The number of rotatable bonds is 6. The Morgan fingerprint density at radius 3 is 2.57 bits per heavy atom. The van der Waals surface area contributed by atoms with E-state index in [-0.39, 0.29) is 22.4 Å². The number of alkyl halides is 3. The van der Waals surface area contributed by atoms with Crippen molar-refractivity contribution in [3.05, 3.63) is 58.2 Å². The lowest BCUT2D eigenvalue weighted by Gasteiger charge is -2.28. The number of carbonyl (C=O) groups excluding carboxylic acids is 1. The van der Waals surface area contributed by atoms with Crippen LogP contribution in [0.2, 0.25) is 0 Å². The minimum Gasteiger partial charge on any atom is -0.355 e. The van der Waals surface area contributed by atoms with Crippen LogP contribution >= 0.6 is 27.3 Å². The molecule has 1 N–H and O–H groups in total. The Hall–Kier alpha value is -2.22. The second-order valence-electron chi connectivity index (χ2n) is 8.13. The molecule has 0 bridgehead atoms. The third-order valence-corrected chi connectivity index (χ3v) is 9.63. The first kappa shape index (κ1) is 25.9. The van der Waals surface area contributed by atoms with Crippen molar-refractivity contribution in [3.8, 4) is 10.6 Å². The molecule has 0 radical (unpaired) electrons. The lowest BCUT2D eigenvalue weighted by molar-refractivity contribution is -0.141. The number of aromatic nitrogens is 2. The van der Waals surface area contributed by atoms with Crippen molar-refractivity contribution in [1.82, 2.24) is 19.4 Å². The maximum atomic E-state index is 13.8. The van der Waals surface area contributed by atoms with E-state index in [2.05, 4.69) is 26.3 Å². The third kappa shape index (κ3) is 5.63. The summed E-state index contributed by atoms with van der Waals surface area (Å²) in [7, 11) is -2.78. The van der Waals surface area contributed by atoms with Crippen LogP contribution in [0.5, 0.6) is 0 Å². The Morgan fingerprint density at radius 1 is 1.20 bits per heavy atom. The van der Waals surface area contributed by atoms with Gasteiger partial charge in [0.2, 0.25) is 5.91 Å². The third-order valence-electron chi connectivity index (χ3n) is 5.67. The van der Waals surface area contributed by atoms with E-state index in [1.807, 2.05) is 0 Å². The highest BCUT2D eigenvalue weighted by atomic mass is 79.9. The number of nitrogens with zero attached hydrogens (tertiary/aromatic N) is 3. The Morgan fingerprint density at radius 2 is 1.91 bits per heavy atom. The molecule has 1 aliphatic rings. The summed E-state index contributed by atoms with van der Waals surface area (Å²) in [6.45, 7) is 0.456. The molecule has 13 heteroatoms. The highest BCUT2D eigenvalue weighted by molar-refractivity contribution is 9.10. The van der Waals surface area contributed by atoms with E-state index < -0.39 is 27.9 Å². The van der Waals surface area contributed by atoms with Crippen molar-refractivity contribution in [1.29, 1.82) is 0 Å². The molecule has 1 unspecified atom stereocenters. The number of halogens is 4. The first-order valence-electron chi connectivity index (χ1n) is 10.7. The van der Waals surface area contributed by atoms with Gasteiger partial charge in [0, 0.05) is 24.6 Å². The van der Waals surface area contributed by atoms with Gasteiger partial charge in [-0.05, 0) is 55.2 Å². The number of nitrogens with one attached hydrogen (secondary N) is 1. The second-order valence-corrected chi connectivity index (χ2v) is 12.3. The second kappa shape index (κ2) is 10.0. The van der Waals surface area contributed by atoms with Crippen molar-refractivity contribution in [2.75, 3.05) is 6.54 Å². The molecule has 3 aromatic rings. The Labute approximate surface area is 213 Å². The summed E-state index contributed by atoms with van der Waals surface area (Å²) in [5.74, 6) is -0.360. The Balaban J connectivity index is 1.72. The summed E-state index contributed by atoms with van der Waals surface area (Å²) < 4.78 is 69.9. The van der Waals surface area contributed by atoms with E-state index >= 15 is 0 Å². The van der Waals surface area contributed by atoms with Crippen molar-refractivity contribution < 1.29 is 26.4 Å². The minimum absolute atomic E-state index is 0.0230. The largest absolute Gasteiger partial charge is 0.435 e. The molecule has 1 aliphatic heterocycles. The predicted molar refractivity (Wildman–Crippen MR) is 129 cm³/mol. The molecule has 188 valence electrons. The van der Waals surface area contributed by atoms with Gasteiger partial charge < -0.3 is 5.32 Å². The molecule has 0 saturated carbocycles.